The van der Waals surface area contributed by atoms with E-state index in [0.29, 0.717) is 12.8 Å². The molecule has 0 amide bonds. The number of aliphatic hydroxyl groups is 1. The van der Waals surface area contributed by atoms with Crippen molar-refractivity contribution in [1.82, 2.24) is 0 Å². The van der Waals surface area contributed by atoms with Crippen molar-refractivity contribution in [2.75, 3.05) is 13.2 Å². The third-order valence-electron chi connectivity index (χ3n) is 11.5. The molecule has 0 aromatic rings. The van der Waals surface area contributed by atoms with E-state index in [9.17, 15) is 14.7 Å². The largest absolute Gasteiger partial charge is 0.462 e. The van der Waals surface area contributed by atoms with E-state index in [4.69, 9.17) is 9.47 Å². The normalized spacial score (nSPS) is 12.1. The summed E-state index contributed by atoms with van der Waals surface area (Å²) >= 11 is 0. The first kappa shape index (κ1) is 54.6. The van der Waals surface area contributed by atoms with Crippen LogP contribution < -0.4 is 0 Å². The molecule has 0 aliphatic carbocycles. The summed E-state index contributed by atoms with van der Waals surface area (Å²) in [5.74, 6) is -0.589. The SMILES string of the molecule is CCC/C=C\CCCCCCCC(=O)OC(CO)COC(=O)CCCCCCCCCCCCCCCCCCCCCCCCCCCCCCCCCC. The highest BCUT2D eigenvalue weighted by molar-refractivity contribution is 5.70. The molecule has 1 atom stereocenters. The number of allylic oxidation sites excluding steroid dienone is 2. The van der Waals surface area contributed by atoms with Crippen LogP contribution in [-0.2, 0) is 19.1 Å². The smallest absolute Gasteiger partial charge is 0.306 e. The lowest BCUT2D eigenvalue weighted by Crippen LogP contribution is -2.28. The Bertz CT molecular complexity index is 810. The van der Waals surface area contributed by atoms with Crippen molar-refractivity contribution in [2.24, 2.45) is 0 Å². The third-order valence-corrected chi connectivity index (χ3v) is 11.5. The summed E-state index contributed by atoms with van der Waals surface area (Å²) in [5.41, 5.74) is 0. The summed E-state index contributed by atoms with van der Waals surface area (Å²) in [6, 6.07) is 0. The van der Waals surface area contributed by atoms with Crippen molar-refractivity contribution in [1.29, 1.82) is 0 Å². The molecule has 0 saturated carbocycles. The van der Waals surface area contributed by atoms with Crippen LogP contribution >= 0.6 is 0 Å². The Morgan fingerprint density at radius 2 is 0.696 bits per heavy atom. The molecule has 56 heavy (non-hydrogen) atoms. The first-order valence-corrected chi connectivity index (χ1v) is 25.2. The van der Waals surface area contributed by atoms with Crippen LogP contribution in [0.15, 0.2) is 12.2 Å². The molecule has 0 rings (SSSR count). The van der Waals surface area contributed by atoms with E-state index in [0.717, 1.165) is 44.9 Å². The minimum atomic E-state index is -0.769. The Balaban J connectivity index is 3.34. The Kier molecular flexibility index (Phi) is 46.8. The highest BCUT2D eigenvalue weighted by Crippen LogP contribution is 2.17. The van der Waals surface area contributed by atoms with E-state index in [1.807, 2.05) is 0 Å². The molecule has 1 N–H and O–H groups in total. The van der Waals surface area contributed by atoms with Gasteiger partial charge in [-0.1, -0.05) is 251 Å². The monoisotopic (exact) mass is 791 g/mol. The second-order valence-corrected chi connectivity index (χ2v) is 17.3. The van der Waals surface area contributed by atoms with Crippen LogP contribution in [0.5, 0.6) is 0 Å². The third kappa shape index (κ3) is 45.3. The molecular formula is C51H98O5. The molecule has 5 nitrogen and oxygen atoms in total. The van der Waals surface area contributed by atoms with Crippen molar-refractivity contribution in [3.05, 3.63) is 12.2 Å². The number of carbonyl (C=O) groups is 2. The molecule has 0 fully saturated rings. The van der Waals surface area contributed by atoms with Gasteiger partial charge < -0.3 is 14.6 Å². The molecule has 5 heteroatoms. The maximum atomic E-state index is 12.1. The van der Waals surface area contributed by atoms with Crippen molar-refractivity contribution in [3.63, 3.8) is 0 Å². The van der Waals surface area contributed by atoms with Gasteiger partial charge in [0.05, 0.1) is 6.61 Å². The van der Waals surface area contributed by atoms with Crippen LogP contribution in [0.2, 0.25) is 0 Å². The van der Waals surface area contributed by atoms with Crippen LogP contribution in [0.4, 0.5) is 0 Å². The standard InChI is InChI=1S/C51H98O5/c1-3-5-7-9-11-13-15-16-17-18-19-20-21-22-23-24-25-26-27-28-29-30-31-32-33-34-35-36-38-39-41-43-45-50(53)55-48-49(47-52)56-51(54)46-44-42-40-37-14-12-10-8-6-4-2/h8,10,49,52H,3-7,9,11-48H2,1-2H3/b10-8-. The van der Waals surface area contributed by atoms with Gasteiger partial charge in [0.25, 0.3) is 0 Å². The molecule has 0 spiro atoms. The van der Waals surface area contributed by atoms with Crippen molar-refractivity contribution in [2.45, 2.75) is 290 Å². The Morgan fingerprint density at radius 1 is 0.393 bits per heavy atom. The number of ether oxygens (including phenoxy) is 2. The van der Waals surface area contributed by atoms with Gasteiger partial charge in [-0.3, -0.25) is 9.59 Å². The van der Waals surface area contributed by atoms with Crippen LogP contribution in [0.3, 0.4) is 0 Å². The second-order valence-electron chi connectivity index (χ2n) is 17.3. The highest BCUT2D eigenvalue weighted by atomic mass is 16.6. The molecule has 0 aliphatic heterocycles. The molecular weight excluding hydrogens is 693 g/mol. The van der Waals surface area contributed by atoms with Crippen LogP contribution in [0.1, 0.15) is 284 Å². The Hall–Kier alpha value is -1.36. The summed E-state index contributed by atoms with van der Waals surface area (Å²) in [5, 5.41) is 9.56. The molecule has 0 heterocycles. The number of unbranched alkanes of at least 4 members (excludes halogenated alkanes) is 37. The van der Waals surface area contributed by atoms with Gasteiger partial charge in [0, 0.05) is 12.8 Å². The van der Waals surface area contributed by atoms with E-state index in [2.05, 4.69) is 26.0 Å². The summed E-state index contributed by atoms with van der Waals surface area (Å²) in [6.45, 7) is 4.10. The van der Waals surface area contributed by atoms with E-state index in [1.165, 1.54) is 212 Å². The van der Waals surface area contributed by atoms with E-state index < -0.39 is 6.10 Å². The zero-order valence-electron chi connectivity index (χ0n) is 37.9. The Labute approximate surface area is 350 Å². The molecule has 0 bridgehead atoms. The number of esters is 2. The summed E-state index contributed by atoms with van der Waals surface area (Å²) in [7, 11) is 0. The maximum absolute atomic E-state index is 12.1. The molecule has 0 saturated heterocycles. The fraction of sp³-hybridized carbons (Fsp3) is 0.922. The van der Waals surface area contributed by atoms with Gasteiger partial charge in [0.15, 0.2) is 6.10 Å². The number of aliphatic hydroxyl groups excluding tert-OH is 1. The fourth-order valence-electron chi connectivity index (χ4n) is 7.74. The average molecular weight is 791 g/mol. The summed E-state index contributed by atoms with van der Waals surface area (Å²) in [6.07, 6.45) is 57.7. The fourth-order valence-corrected chi connectivity index (χ4v) is 7.74. The predicted molar refractivity (Wildman–Crippen MR) is 242 cm³/mol. The zero-order valence-corrected chi connectivity index (χ0v) is 37.9. The topological polar surface area (TPSA) is 72.8 Å². The number of carbonyl (C=O) groups excluding carboxylic acids is 2. The van der Waals surface area contributed by atoms with Crippen molar-refractivity contribution < 1.29 is 24.2 Å². The number of hydrogen-bond acceptors (Lipinski definition) is 5. The summed E-state index contributed by atoms with van der Waals surface area (Å²) < 4.78 is 10.6. The molecule has 0 aliphatic rings. The number of hydrogen-bond donors (Lipinski definition) is 1. The quantitative estimate of drug-likeness (QED) is 0.0378. The number of rotatable bonds is 47. The zero-order chi connectivity index (χ0) is 40.7. The van der Waals surface area contributed by atoms with Gasteiger partial charge in [-0.25, -0.2) is 0 Å². The maximum Gasteiger partial charge on any atom is 0.306 e. The minimum Gasteiger partial charge on any atom is -0.462 e. The van der Waals surface area contributed by atoms with E-state index in [1.54, 1.807) is 0 Å². The van der Waals surface area contributed by atoms with Gasteiger partial charge in [-0.15, -0.1) is 0 Å². The van der Waals surface area contributed by atoms with E-state index in [-0.39, 0.29) is 25.2 Å². The van der Waals surface area contributed by atoms with Crippen LogP contribution in [0, 0.1) is 0 Å². The van der Waals surface area contributed by atoms with Crippen LogP contribution in [0.25, 0.3) is 0 Å². The summed E-state index contributed by atoms with van der Waals surface area (Å²) in [4.78, 5) is 24.3. The van der Waals surface area contributed by atoms with Crippen molar-refractivity contribution in [3.8, 4) is 0 Å². The minimum absolute atomic E-state index is 0.0632. The molecule has 0 aromatic carbocycles. The Morgan fingerprint density at radius 3 is 1.04 bits per heavy atom. The van der Waals surface area contributed by atoms with Gasteiger partial charge in [-0.05, 0) is 32.1 Å². The predicted octanol–water partition coefficient (Wildman–Crippen LogP) is 16.4. The lowest BCUT2D eigenvalue weighted by Gasteiger charge is -2.15. The van der Waals surface area contributed by atoms with E-state index >= 15 is 0 Å². The van der Waals surface area contributed by atoms with Gasteiger partial charge in [-0.2, -0.15) is 0 Å². The molecule has 332 valence electrons. The van der Waals surface area contributed by atoms with Gasteiger partial charge >= 0.3 is 11.9 Å². The average Bonchev–Trinajstić information content (AvgIpc) is 3.20. The molecule has 1 unspecified atom stereocenters. The van der Waals surface area contributed by atoms with Gasteiger partial charge in [0.2, 0.25) is 0 Å². The first-order chi connectivity index (χ1) is 27.6. The lowest BCUT2D eigenvalue weighted by atomic mass is 10.0. The molecule has 0 radical (unpaired) electrons. The second kappa shape index (κ2) is 48.0. The lowest BCUT2D eigenvalue weighted by molar-refractivity contribution is -0.161. The first-order valence-electron chi connectivity index (χ1n) is 25.2. The molecule has 0 aromatic heterocycles. The van der Waals surface area contributed by atoms with Gasteiger partial charge in [0.1, 0.15) is 6.61 Å². The van der Waals surface area contributed by atoms with Crippen molar-refractivity contribution >= 4 is 11.9 Å². The highest BCUT2D eigenvalue weighted by Gasteiger charge is 2.16. The van der Waals surface area contributed by atoms with Crippen LogP contribution in [-0.4, -0.2) is 36.4 Å².